The molecule has 4 nitrogen and oxygen atoms in total. The van der Waals surface area contributed by atoms with E-state index in [4.69, 9.17) is 10.2 Å². The van der Waals surface area contributed by atoms with Gasteiger partial charge in [0.05, 0.1) is 19.1 Å². The van der Waals surface area contributed by atoms with E-state index in [2.05, 4.69) is 5.32 Å². The highest BCUT2D eigenvalue weighted by Crippen LogP contribution is 2.09. The highest BCUT2D eigenvalue weighted by atomic mass is 19.1. The van der Waals surface area contributed by atoms with E-state index < -0.39 is 30.3 Å². The molecule has 0 radical (unpaired) electrons. The van der Waals surface area contributed by atoms with Crippen LogP contribution < -0.4 is 5.32 Å². The first-order valence-corrected chi connectivity index (χ1v) is 5.02. The SMILES string of the molecule is O=C(Cc1ccc(F)cc1F)NCC(O)CO. The molecule has 0 spiro atoms. The predicted molar refractivity (Wildman–Crippen MR) is 56.2 cm³/mol. The molecule has 1 rings (SSSR count). The number of hydrogen-bond acceptors (Lipinski definition) is 3. The summed E-state index contributed by atoms with van der Waals surface area (Å²) < 4.78 is 25.7. The number of rotatable bonds is 5. The van der Waals surface area contributed by atoms with Crippen molar-refractivity contribution in [2.24, 2.45) is 0 Å². The van der Waals surface area contributed by atoms with Crippen molar-refractivity contribution in [1.82, 2.24) is 5.32 Å². The Labute approximate surface area is 96.9 Å². The Kier molecular flexibility index (Phi) is 4.99. The van der Waals surface area contributed by atoms with Crippen LogP contribution in [0.15, 0.2) is 18.2 Å². The number of carbonyl (C=O) groups is 1. The van der Waals surface area contributed by atoms with Crippen LogP contribution in [0.2, 0.25) is 0 Å². The smallest absolute Gasteiger partial charge is 0.224 e. The topological polar surface area (TPSA) is 69.6 Å². The number of hydrogen-bond donors (Lipinski definition) is 3. The van der Waals surface area contributed by atoms with Crippen molar-refractivity contribution in [1.29, 1.82) is 0 Å². The summed E-state index contributed by atoms with van der Waals surface area (Å²) in [6, 6.07) is 2.95. The normalized spacial score (nSPS) is 12.2. The van der Waals surface area contributed by atoms with Crippen molar-refractivity contribution in [2.45, 2.75) is 12.5 Å². The Balaban J connectivity index is 2.50. The van der Waals surface area contributed by atoms with Crippen molar-refractivity contribution in [3.63, 3.8) is 0 Å². The van der Waals surface area contributed by atoms with Crippen LogP contribution in [0.25, 0.3) is 0 Å². The number of carbonyl (C=O) groups excluding carboxylic acids is 1. The Morgan fingerprint density at radius 2 is 2.12 bits per heavy atom. The van der Waals surface area contributed by atoms with Gasteiger partial charge in [-0.2, -0.15) is 0 Å². The van der Waals surface area contributed by atoms with E-state index in [0.29, 0.717) is 6.07 Å². The van der Waals surface area contributed by atoms with Gasteiger partial charge in [0.25, 0.3) is 0 Å². The van der Waals surface area contributed by atoms with E-state index in [1.165, 1.54) is 6.07 Å². The minimum atomic E-state index is -1.04. The zero-order valence-corrected chi connectivity index (χ0v) is 8.99. The molecule has 6 heteroatoms. The molecule has 3 N–H and O–H groups in total. The second-order valence-corrected chi connectivity index (χ2v) is 3.55. The van der Waals surface area contributed by atoms with Crippen LogP contribution >= 0.6 is 0 Å². The van der Waals surface area contributed by atoms with Crippen molar-refractivity contribution >= 4 is 5.91 Å². The van der Waals surface area contributed by atoms with Crippen molar-refractivity contribution in [2.75, 3.05) is 13.2 Å². The molecule has 1 amide bonds. The molecule has 1 unspecified atom stereocenters. The van der Waals surface area contributed by atoms with Gasteiger partial charge in [-0.1, -0.05) is 6.07 Å². The third kappa shape index (κ3) is 4.46. The molecule has 0 saturated carbocycles. The number of amides is 1. The number of benzene rings is 1. The molecule has 0 aliphatic rings. The number of aliphatic hydroxyl groups is 2. The van der Waals surface area contributed by atoms with Gasteiger partial charge in [-0.05, 0) is 11.6 Å². The minimum Gasteiger partial charge on any atom is -0.394 e. The average molecular weight is 245 g/mol. The molecule has 0 heterocycles. The summed E-state index contributed by atoms with van der Waals surface area (Å²) in [7, 11) is 0. The van der Waals surface area contributed by atoms with Gasteiger partial charge in [-0.3, -0.25) is 4.79 Å². The maximum atomic E-state index is 13.2. The first-order chi connectivity index (χ1) is 8.02. The maximum absolute atomic E-state index is 13.2. The standard InChI is InChI=1S/C11H13F2NO3/c12-8-2-1-7(10(13)4-8)3-11(17)14-5-9(16)6-15/h1-2,4,9,15-16H,3,5-6H2,(H,14,17). The van der Waals surface area contributed by atoms with Gasteiger partial charge >= 0.3 is 0 Å². The Morgan fingerprint density at radius 1 is 1.41 bits per heavy atom. The Bertz CT molecular complexity index is 398. The van der Waals surface area contributed by atoms with Crippen LogP contribution in [-0.4, -0.2) is 35.4 Å². The van der Waals surface area contributed by atoms with E-state index in [0.717, 1.165) is 6.07 Å². The zero-order chi connectivity index (χ0) is 12.8. The highest BCUT2D eigenvalue weighted by molar-refractivity contribution is 5.78. The fourth-order valence-electron chi connectivity index (χ4n) is 1.20. The molecule has 1 aromatic carbocycles. The van der Waals surface area contributed by atoms with Crippen LogP contribution in [0.5, 0.6) is 0 Å². The molecule has 0 aliphatic carbocycles. The lowest BCUT2D eigenvalue weighted by molar-refractivity contribution is -0.121. The fraction of sp³-hybridized carbons (Fsp3) is 0.364. The van der Waals surface area contributed by atoms with Crippen LogP contribution in [0.3, 0.4) is 0 Å². The average Bonchev–Trinajstić information content (AvgIpc) is 2.29. The van der Waals surface area contributed by atoms with Crippen LogP contribution in [0, 0.1) is 11.6 Å². The van der Waals surface area contributed by atoms with Crippen LogP contribution in [-0.2, 0) is 11.2 Å². The van der Waals surface area contributed by atoms with Crippen molar-refractivity contribution in [3.8, 4) is 0 Å². The van der Waals surface area contributed by atoms with Gasteiger partial charge < -0.3 is 15.5 Å². The maximum Gasteiger partial charge on any atom is 0.224 e. The van der Waals surface area contributed by atoms with Crippen LogP contribution in [0.4, 0.5) is 8.78 Å². The largest absolute Gasteiger partial charge is 0.394 e. The fourth-order valence-corrected chi connectivity index (χ4v) is 1.20. The quantitative estimate of drug-likeness (QED) is 0.682. The van der Waals surface area contributed by atoms with Crippen LogP contribution in [0.1, 0.15) is 5.56 Å². The summed E-state index contributed by atoms with van der Waals surface area (Å²) >= 11 is 0. The number of nitrogens with one attached hydrogen (secondary N) is 1. The lowest BCUT2D eigenvalue weighted by atomic mass is 10.1. The second kappa shape index (κ2) is 6.27. The molecular weight excluding hydrogens is 232 g/mol. The molecule has 0 fully saturated rings. The summed E-state index contributed by atoms with van der Waals surface area (Å²) in [5, 5.41) is 19.8. The number of halogens is 2. The van der Waals surface area contributed by atoms with E-state index >= 15 is 0 Å². The molecule has 1 aromatic rings. The molecule has 0 bridgehead atoms. The molecule has 0 saturated heterocycles. The summed E-state index contributed by atoms with van der Waals surface area (Å²) in [6.07, 6.45) is -1.29. The van der Waals surface area contributed by atoms with Gasteiger partial charge in [0.1, 0.15) is 11.6 Å². The van der Waals surface area contributed by atoms with Gasteiger partial charge in [-0.15, -0.1) is 0 Å². The highest BCUT2D eigenvalue weighted by Gasteiger charge is 2.10. The van der Waals surface area contributed by atoms with E-state index in [1.807, 2.05) is 0 Å². The van der Waals surface area contributed by atoms with Gasteiger partial charge in [-0.25, -0.2) is 8.78 Å². The minimum absolute atomic E-state index is 0.0717. The summed E-state index contributed by atoms with van der Waals surface area (Å²) in [5.74, 6) is -2.01. The molecule has 1 atom stereocenters. The van der Waals surface area contributed by atoms with Gasteiger partial charge in [0, 0.05) is 12.6 Å². The monoisotopic (exact) mass is 245 g/mol. The predicted octanol–water partition coefficient (Wildman–Crippen LogP) is -0.0233. The van der Waals surface area contributed by atoms with E-state index in [-0.39, 0.29) is 18.5 Å². The summed E-state index contributed by atoms with van der Waals surface area (Å²) in [4.78, 5) is 11.3. The third-order valence-corrected chi connectivity index (χ3v) is 2.11. The third-order valence-electron chi connectivity index (χ3n) is 2.11. The van der Waals surface area contributed by atoms with Crippen molar-refractivity contribution in [3.05, 3.63) is 35.4 Å². The Morgan fingerprint density at radius 3 is 2.71 bits per heavy atom. The first-order valence-electron chi connectivity index (χ1n) is 5.02. The molecule has 0 aromatic heterocycles. The summed E-state index contributed by atoms with van der Waals surface area (Å²) in [6.45, 7) is -0.580. The van der Waals surface area contributed by atoms with Gasteiger partial charge in [0.15, 0.2) is 0 Å². The zero-order valence-electron chi connectivity index (χ0n) is 8.99. The molecule has 17 heavy (non-hydrogen) atoms. The number of aliphatic hydroxyl groups excluding tert-OH is 2. The van der Waals surface area contributed by atoms with Crippen molar-refractivity contribution < 1.29 is 23.8 Å². The second-order valence-electron chi connectivity index (χ2n) is 3.55. The van der Waals surface area contributed by atoms with E-state index in [1.54, 1.807) is 0 Å². The van der Waals surface area contributed by atoms with E-state index in [9.17, 15) is 13.6 Å². The lowest BCUT2D eigenvalue weighted by Crippen LogP contribution is -2.34. The molecular formula is C11H13F2NO3. The summed E-state index contributed by atoms with van der Waals surface area (Å²) in [5.41, 5.74) is 0.0717. The van der Waals surface area contributed by atoms with Gasteiger partial charge in [0.2, 0.25) is 5.91 Å². The molecule has 0 aliphatic heterocycles. The lowest BCUT2D eigenvalue weighted by Gasteiger charge is -2.09. The molecule has 94 valence electrons. The Hall–Kier alpha value is -1.53. The first kappa shape index (κ1) is 13.5.